The highest BCUT2D eigenvalue weighted by Gasteiger charge is 2.30. The number of thioether (sulfide) groups is 1. The van der Waals surface area contributed by atoms with E-state index in [9.17, 15) is 9.59 Å². The second-order valence-corrected chi connectivity index (χ2v) is 6.51. The Bertz CT molecular complexity index is 919. The molecule has 2 aromatic carbocycles. The van der Waals surface area contributed by atoms with Crippen molar-refractivity contribution in [3.63, 3.8) is 0 Å². The number of amides is 1. The molecule has 0 spiro atoms. The number of benzene rings is 2. The number of nitrogens with zero attached hydrogens (tertiary/aromatic N) is 2. The normalized spacial score (nSPS) is 17.2. The third kappa shape index (κ3) is 3.78. The highest BCUT2D eigenvalue weighted by Crippen LogP contribution is 2.33. The topological polar surface area (TPSA) is 79.2 Å². The number of carbonyl (C=O) groups excluding carboxylic acids is 1. The van der Waals surface area contributed by atoms with Gasteiger partial charge in [-0.05, 0) is 59.8 Å². The average Bonchev–Trinajstić information content (AvgIpc) is 2.90. The van der Waals surface area contributed by atoms with Crippen LogP contribution < -0.4 is 4.74 Å². The fourth-order valence-corrected chi connectivity index (χ4v) is 3.31. The summed E-state index contributed by atoms with van der Waals surface area (Å²) in [4.78, 5) is 29.8. The van der Waals surface area contributed by atoms with Gasteiger partial charge in [0.15, 0.2) is 5.17 Å². The highest BCUT2D eigenvalue weighted by atomic mass is 32.2. The van der Waals surface area contributed by atoms with Crippen molar-refractivity contribution in [3.8, 4) is 5.75 Å². The molecule has 0 aliphatic carbocycles. The molecule has 1 aliphatic heterocycles. The number of carboxylic acid groups (broad SMARTS) is 1. The van der Waals surface area contributed by atoms with E-state index in [0.29, 0.717) is 15.8 Å². The van der Waals surface area contributed by atoms with Crippen LogP contribution >= 0.6 is 11.8 Å². The number of likely N-dealkylation sites (N-methyl/N-ethyl adjacent to an activating group) is 1. The third-order valence-electron chi connectivity index (χ3n) is 3.73. The smallest absolute Gasteiger partial charge is 0.335 e. The molecule has 3 rings (SSSR count). The van der Waals surface area contributed by atoms with Crippen LogP contribution in [-0.4, -0.2) is 41.2 Å². The number of carboxylic acids is 1. The lowest BCUT2D eigenvalue weighted by molar-refractivity contribution is -0.121. The number of aliphatic imine (C=N–C) groups is 1. The van der Waals surface area contributed by atoms with Crippen molar-refractivity contribution >= 4 is 40.6 Å². The van der Waals surface area contributed by atoms with Crippen molar-refractivity contribution in [2.45, 2.75) is 0 Å². The monoisotopic (exact) mass is 368 g/mol. The van der Waals surface area contributed by atoms with Gasteiger partial charge in [0.2, 0.25) is 0 Å². The molecule has 0 atom stereocenters. The van der Waals surface area contributed by atoms with Gasteiger partial charge in [-0.1, -0.05) is 12.1 Å². The molecule has 7 heteroatoms. The first-order chi connectivity index (χ1) is 12.5. The molecule has 1 saturated heterocycles. The van der Waals surface area contributed by atoms with E-state index in [1.165, 1.54) is 28.8 Å². The quantitative estimate of drug-likeness (QED) is 0.834. The van der Waals surface area contributed by atoms with E-state index in [2.05, 4.69) is 4.99 Å². The third-order valence-corrected chi connectivity index (χ3v) is 4.79. The van der Waals surface area contributed by atoms with Gasteiger partial charge in [0.25, 0.3) is 5.91 Å². The second-order valence-electron chi connectivity index (χ2n) is 5.50. The van der Waals surface area contributed by atoms with E-state index in [0.717, 1.165) is 11.3 Å². The number of carbonyl (C=O) groups is 2. The van der Waals surface area contributed by atoms with Gasteiger partial charge in [0.1, 0.15) is 5.75 Å². The Kier molecular flexibility index (Phi) is 5.09. The first-order valence-electron chi connectivity index (χ1n) is 7.71. The molecule has 132 valence electrons. The minimum absolute atomic E-state index is 0.140. The Morgan fingerprint density at radius 1 is 1.23 bits per heavy atom. The van der Waals surface area contributed by atoms with E-state index in [1.807, 2.05) is 24.3 Å². The molecule has 2 aromatic rings. The van der Waals surface area contributed by atoms with Gasteiger partial charge in [-0.15, -0.1) is 0 Å². The number of amidine groups is 1. The second kappa shape index (κ2) is 7.45. The predicted octanol–water partition coefficient (Wildman–Crippen LogP) is 3.63. The van der Waals surface area contributed by atoms with Crippen molar-refractivity contribution in [2.24, 2.45) is 4.99 Å². The Balaban J connectivity index is 1.85. The molecule has 0 bridgehead atoms. The molecule has 1 amide bonds. The van der Waals surface area contributed by atoms with Crippen molar-refractivity contribution in [1.29, 1.82) is 0 Å². The van der Waals surface area contributed by atoms with E-state index in [4.69, 9.17) is 9.84 Å². The molecule has 0 unspecified atom stereocenters. The van der Waals surface area contributed by atoms with Crippen molar-refractivity contribution in [2.75, 3.05) is 14.2 Å². The number of ether oxygens (including phenoxy) is 1. The summed E-state index contributed by atoms with van der Waals surface area (Å²) in [5.41, 5.74) is 1.64. The highest BCUT2D eigenvalue weighted by molar-refractivity contribution is 8.18. The summed E-state index contributed by atoms with van der Waals surface area (Å²) >= 11 is 1.27. The lowest BCUT2D eigenvalue weighted by atomic mass is 10.2. The maximum Gasteiger partial charge on any atom is 0.335 e. The van der Waals surface area contributed by atoms with Crippen LogP contribution in [0.4, 0.5) is 5.69 Å². The fourth-order valence-electron chi connectivity index (χ4n) is 2.32. The molecule has 0 radical (unpaired) electrons. The zero-order chi connectivity index (χ0) is 18.7. The summed E-state index contributed by atoms with van der Waals surface area (Å²) in [6, 6.07) is 13.6. The summed E-state index contributed by atoms with van der Waals surface area (Å²) in [6.07, 6.45) is 1.79. The summed E-state index contributed by atoms with van der Waals surface area (Å²) in [5, 5.41) is 9.47. The van der Waals surface area contributed by atoms with Crippen LogP contribution in [0.3, 0.4) is 0 Å². The zero-order valence-electron chi connectivity index (χ0n) is 14.2. The van der Waals surface area contributed by atoms with E-state index < -0.39 is 5.97 Å². The molecule has 1 aliphatic rings. The van der Waals surface area contributed by atoms with Crippen LogP contribution in [0.1, 0.15) is 15.9 Å². The standard InChI is InChI=1S/C19H16N2O4S/c1-21-17(22)16(11-12-4-3-5-15(10-12)25-2)26-19(21)20-14-8-6-13(7-9-14)18(23)24/h3-11H,1-2H3,(H,23,24)/b16-11-,20-19?. The molecule has 0 aromatic heterocycles. The number of methoxy groups -OCH3 is 1. The summed E-state index contributed by atoms with van der Waals surface area (Å²) < 4.78 is 5.20. The molecule has 1 heterocycles. The minimum Gasteiger partial charge on any atom is -0.497 e. The van der Waals surface area contributed by atoms with Gasteiger partial charge in [-0.25, -0.2) is 9.79 Å². The Morgan fingerprint density at radius 3 is 2.62 bits per heavy atom. The van der Waals surface area contributed by atoms with E-state index in [1.54, 1.807) is 32.4 Å². The number of hydrogen-bond donors (Lipinski definition) is 1. The SMILES string of the molecule is COc1cccc(/C=C2\SC(=Nc3ccc(C(=O)O)cc3)N(C)C2=O)c1. The summed E-state index contributed by atoms with van der Waals surface area (Å²) in [7, 11) is 3.25. The fraction of sp³-hybridized carbons (Fsp3) is 0.105. The molecule has 0 saturated carbocycles. The molecule has 26 heavy (non-hydrogen) atoms. The Labute approximate surface area is 154 Å². The first kappa shape index (κ1) is 17.8. The molecule has 6 nitrogen and oxygen atoms in total. The number of rotatable bonds is 4. The van der Waals surface area contributed by atoms with Crippen LogP contribution in [0.5, 0.6) is 5.75 Å². The van der Waals surface area contributed by atoms with Crippen molar-refractivity contribution in [1.82, 2.24) is 4.90 Å². The van der Waals surface area contributed by atoms with Gasteiger partial charge < -0.3 is 9.84 Å². The van der Waals surface area contributed by atoms with Crippen LogP contribution in [0, 0.1) is 0 Å². The maximum absolute atomic E-state index is 12.5. The summed E-state index contributed by atoms with van der Waals surface area (Å²) in [5.74, 6) is -0.412. The Hall–Kier alpha value is -3.06. The van der Waals surface area contributed by atoms with Crippen LogP contribution in [0.2, 0.25) is 0 Å². The largest absolute Gasteiger partial charge is 0.497 e. The molecule has 1 fully saturated rings. The maximum atomic E-state index is 12.5. The average molecular weight is 368 g/mol. The molecular weight excluding hydrogens is 352 g/mol. The van der Waals surface area contributed by atoms with Crippen LogP contribution in [0.15, 0.2) is 58.4 Å². The number of aromatic carboxylic acids is 1. The van der Waals surface area contributed by atoms with Crippen molar-refractivity contribution < 1.29 is 19.4 Å². The number of hydrogen-bond acceptors (Lipinski definition) is 5. The van der Waals surface area contributed by atoms with E-state index >= 15 is 0 Å². The van der Waals surface area contributed by atoms with E-state index in [-0.39, 0.29) is 11.5 Å². The van der Waals surface area contributed by atoms with Crippen molar-refractivity contribution in [3.05, 3.63) is 64.6 Å². The lowest BCUT2D eigenvalue weighted by Crippen LogP contribution is -2.23. The molecule has 1 N–H and O–H groups in total. The van der Waals surface area contributed by atoms with Gasteiger partial charge >= 0.3 is 5.97 Å². The Morgan fingerprint density at radius 2 is 1.96 bits per heavy atom. The van der Waals surface area contributed by atoms with Gasteiger partial charge in [-0.3, -0.25) is 9.69 Å². The zero-order valence-corrected chi connectivity index (χ0v) is 15.0. The van der Waals surface area contributed by atoms with Crippen LogP contribution in [-0.2, 0) is 4.79 Å². The molecular formula is C19H16N2O4S. The summed E-state index contributed by atoms with van der Waals surface area (Å²) in [6.45, 7) is 0. The first-order valence-corrected chi connectivity index (χ1v) is 8.53. The predicted molar refractivity (Wildman–Crippen MR) is 102 cm³/mol. The van der Waals surface area contributed by atoms with Gasteiger partial charge in [-0.2, -0.15) is 0 Å². The minimum atomic E-state index is -0.991. The lowest BCUT2D eigenvalue weighted by Gasteiger charge is -2.07. The van der Waals surface area contributed by atoms with Gasteiger partial charge in [0, 0.05) is 7.05 Å². The van der Waals surface area contributed by atoms with Crippen LogP contribution in [0.25, 0.3) is 6.08 Å². The van der Waals surface area contributed by atoms with Gasteiger partial charge in [0.05, 0.1) is 23.3 Å².